The molecule has 24 heavy (non-hydrogen) atoms. The Bertz CT molecular complexity index is 737. The van der Waals surface area contributed by atoms with Gasteiger partial charge in [-0.25, -0.2) is 13.8 Å². The number of hydrogen-bond acceptors (Lipinski definition) is 6. The van der Waals surface area contributed by atoms with Crippen molar-refractivity contribution in [3.8, 4) is 11.5 Å². The first-order chi connectivity index (χ1) is 11.3. The van der Waals surface area contributed by atoms with Crippen molar-refractivity contribution in [2.45, 2.75) is 13.0 Å². The van der Waals surface area contributed by atoms with Gasteiger partial charge < -0.3 is 9.47 Å². The Kier molecular flexibility index (Phi) is 5.71. The molecule has 1 amide bonds. The molecule has 0 spiro atoms. The quantitative estimate of drug-likeness (QED) is 0.606. The zero-order chi connectivity index (χ0) is 17.7. The molecule has 1 heterocycles. The summed E-state index contributed by atoms with van der Waals surface area (Å²) in [5.41, 5.74) is 2.64. The van der Waals surface area contributed by atoms with E-state index in [1.807, 2.05) is 0 Å². The molecule has 0 saturated carbocycles. The highest BCUT2D eigenvalue weighted by atomic mass is 32.2. The van der Waals surface area contributed by atoms with Gasteiger partial charge in [0.2, 0.25) is 5.91 Å². The second kappa shape index (κ2) is 7.56. The minimum atomic E-state index is -3.16. The number of carbonyl (C=O) groups excluding carboxylic acids is 1. The third-order valence-corrected chi connectivity index (χ3v) is 5.16. The number of ether oxygens (including phenoxy) is 2. The van der Waals surface area contributed by atoms with Crippen LogP contribution in [-0.2, 0) is 14.6 Å². The lowest BCUT2D eigenvalue weighted by atomic mass is 10.1. The number of rotatable bonds is 6. The fraction of sp³-hybridized carbons (Fsp3) is 0.429. The summed E-state index contributed by atoms with van der Waals surface area (Å²) in [6, 6.07) is 4.23. The molecule has 1 aliphatic heterocycles. The smallest absolute Gasteiger partial charge is 0.387 e. The summed E-state index contributed by atoms with van der Waals surface area (Å²) in [5.74, 6) is -1.35. The molecule has 1 N–H and O–H groups in total. The number of amides is 1. The van der Waals surface area contributed by atoms with Crippen LogP contribution in [0.5, 0.6) is 11.5 Å². The molecule has 0 aliphatic carbocycles. The van der Waals surface area contributed by atoms with Crippen LogP contribution >= 0.6 is 0 Å². The van der Waals surface area contributed by atoms with Crippen LogP contribution in [0, 0.1) is 5.92 Å². The number of halogens is 2. The van der Waals surface area contributed by atoms with Crippen LogP contribution in [0.25, 0.3) is 0 Å². The molecule has 2 rings (SSSR count). The Morgan fingerprint density at radius 2 is 2.17 bits per heavy atom. The number of methoxy groups -OCH3 is 1. The summed E-state index contributed by atoms with van der Waals surface area (Å²) in [6.07, 6.45) is 1.50. The molecule has 1 atom stereocenters. The number of carbonyl (C=O) groups is 1. The molecule has 1 aromatic rings. The third kappa shape index (κ3) is 4.88. The maximum atomic E-state index is 12.3. The topological polar surface area (TPSA) is 94.1 Å². The molecule has 1 aliphatic rings. The Morgan fingerprint density at radius 1 is 1.42 bits per heavy atom. The molecule has 1 fully saturated rings. The van der Waals surface area contributed by atoms with Crippen LogP contribution in [-0.4, -0.2) is 45.8 Å². The van der Waals surface area contributed by atoms with Gasteiger partial charge in [0.1, 0.15) is 0 Å². The van der Waals surface area contributed by atoms with Crippen molar-refractivity contribution in [3.05, 3.63) is 23.8 Å². The second-order valence-corrected chi connectivity index (χ2v) is 7.35. The van der Waals surface area contributed by atoms with E-state index < -0.39 is 28.3 Å². The van der Waals surface area contributed by atoms with Crippen molar-refractivity contribution >= 4 is 22.0 Å². The van der Waals surface area contributed by atoms with Gasteiger partial charge in [0.05, 0.1) is 30.7 Å². The van der Waals surface area contributed by atoms with Crippen molar-refractivity contribution in [1.82, 2.24) is 5.43 Å². The molecule has 1 aromatic carbocycles. The molecule has 0 radical (unpaired) electrons. The summed E-state index contributed by atoms with van der Waals surface area (Å²) >= 11 is 0. The predicted octanol–water partition coefficient (Wildman–Crippen LogP) is 1.18. The van der Waals surface area contributed by atoms with Crippen molar-refractivity contribution in [3.63, 3.8) is 0 Å². The molecular formula is C14H16F2N2O5S. The van der Waals surface area contributed by atoms with E-state index in [1.165, 1.54) is 31.5 Å². The average Bonchev–Trinajstić information content (AvgIpc) is 2.87. The number of sulfone groups is 1. The number of hydrazone groups is 1. The van der Waals surface area contributed by atoms with Crippen LogP contribution in [0.15, 0.2) is 23.3 Å². The molecule has 1 saturated heterocycles. The van der Waals surface area contributed by atoms with Crippen molar-refractivity contribution in [1.29, 1.82) is 0 Å². The van der Waals surface area contributed by atoms with E-state index in [4.69, 9.17) is 4.74 Å². The predicted molar refractivity (Wildman–Crippen MR) is 82.1 cm³/mol. The monoisotopic (exact) mass is 362 g/mol. The first-order valence-corrected chi connectivity index (χ1v) is 8.79. The molecule has 0 bridgehead atoms. The molecule has 10 heteroatoms. The van der Waals surface area contributed by atoms with E-state index in [-0.39, 0.29) is 29.4 Å². The summed E-state index contributed by atoms with van der Waals surface area (Å²) in [4.78, 5) is 11.8. The standard InChI is InChI=1S/C14H16F2N2O5S/c1-22-11-3-2-9(6-12(11)23-14(15)16)7-17-18-13(19)10-4-5-24(20,21)8-10/h2-3,6-7,10,14H,4-5,8H2,1H3,(H,18,19)/b17-7-/t10-/m1/s1. The Labute approximate surface area is 137 Å². The zero-order valence-electron chi connectivity index (χ0n) is 12.7. The average molecular weight is 362 g/mol. The van der Waals surface area contributed by atoms with E-state index in [9.17, 15) is 22.0 Å². The van der Waals surface area contributed by atoms with Crippen LogP contribution < -0.4 is 14.9 Å². The maximum Gasteiger partial charge on any atom is 0.387 e. The molecule has 0 aromatic heterocycles. The fourth-order valence-electron chi connectivity index (χ4n) is 2.23. The van der Waals surface area contributed by atoms with Gasteiger partial charge in [-0.15, -0.1) is 0 Å². The van der Waals surface area contributed by atoms with Gasteiger partial charge in [-0.05, 0) is 30.2 Å². The maximum absolute atomic E-state index is 12.3. The van der Waals surface area contributed by atoms with Crippen molar-refractivity contribution in [2.24, 2.45) is 11.0 Å². The Morgan fingerprint density at radius 3 is 2.75 bits per heavy atom. The highest BCUT2D eigenvalue weighted by Crippen LogP contribution is 2.29. The normalized spacial score (nSPS) is 19.6. The largest absolute Gasteiger partial charge is 0.493 e. The van der Waals surface area contributed by atoms with Gasteiger partial charge >= 0.3 is 6.61 Å². The third-order valence-electron chi connectivity index (χ3n) is 3.40. The first kappa shape index (κ1) is 18.1. The number of hydrogen-bond donors (Lipinski definition) is 1. The lowest BCUT2D eigenvalue weighted by molar-refractivity contribution is -0.124. The summed E-state index contributed by atoms with van der Waals surface area (Å²) < 4.78 is 56.6. The summed E-state index contributed by atoms with van der Waals surface area (Å²) in [5, 5.41) is 3.71. The van der Waals surface area contributed by atoms with Gasteiger partial charge in [0.15, 0.2) is 21.3 Å². The zero-order valence-corrected chi connectivity index (χ0v) is 13.6. The first-order valence-electron chi connectivity index (χ1n) is 6.97. The van der Waals surface area contributed by atoms with E-state index in [0.29, 0.717) is 5.56 Å². The minimum Gasteiger partial charge on any atom is -0.493 e. The fourth-order valence-corrected chi connectivity index (χ4v) is 3.97. The number of benzene rings is 1. The van der Waals surface area contributed by atoms with Crippen molar-refractivity contribution in [2.75, 3.05) is 18.6 Å². The number of alkyl halides is 2. The van der Waals surface area contributed by atoms with E-state index >= 15 is 0 Å². The highest BCUT2D eigenvalue weighted by molar-refractivity contribution is 7.91. The van der Waals surface area contributed by atoms with E-state index in [1.54, 1.807) is 0 Å². The molecule has 0 unspecified atom stereocenters. The van der Waals surface area contributed by atoms with Gasteiger partial charge in [0, 0.05) is 0 Å². The van der Waals surface area contributed by atoms with Crippen molar-refractivity contribution < 1.29 is 31.5 Å². The van der Waals surface area contributed by atoms with Crippen LogP contribution in [0.4, 0.5) is 8.78 Å². The summed E-state index contributed by atoms with van der Waals surface area (Å²) in [7, 11) is -1.84. The lowest BCUT2D eigenvalue weighted by Crippen LogP contribution is -2.27. The molecular weight excluding hydrogens is 346 g/mol. The van der Waals surface area contributed by atoms with E-state index in [2.05, 4.69) is 15.3 Å². The second-order valence-electron chi connectivity index (χ2n) is 5.12. The van der Waals surface area contributed by atoms with Gasteiger partial charge in [-0.1, -0.05) is 0 Å². The van der Waals surface area contributed by atoms with Crippen LogP contribution in [0.2, 0.25) is 0 Å². The van der Waals surface area contributed by atoms with Gasteiger partial charge in [-0.3, -0.25) is 4.79 Å². The minimum absolute atomic E-state index is 0.0123. The van der Waals surface area contributed by atoms with E-state index in [0.717, 1.165) is 0 Å². The van der Waals surface area contributed by atoms with Crippen LogP contribution in [0.1, 0.15) is 12.0 Å². The molecule has 132 valence electrons. The summed E-state index contributed by atoms with van der Waals surface area (Å²) in [6.45, 7) is -3.00. The Hall–Kier alpha value is -2.23. The SMILES string of the molecule is COc1ccc(/C=N\NC(=O)[C@@H]2CCS(=O)(=O)C2)cc1OC(F)F. The lowest BCUT2D eigenvalue weighted by Gasteiger charge is -2.10. The van der Waals surface area contributed by atoms with Gasteiger partial charge in [-0.2, -0.15) is 13.9 Å². The van der Waals surface area contributed by atoms with Crippen LogP contribution in [0.3, 0.4) is 0 Å². The van der Waals surface area contributed by atoms with Gasteiger partial charge in [0.25, 0.3) is 0 Å². The number of nitrogens with zero attached hydrogens (tertiary/aromatic N) is 1. The Balaban J connectivity index is 2.00. The number of nitrogens with one attached hydrogen (secondary N) is 1. The highest BCUT2D eigenvalue weighted by Gasteiger charge is 2.32. The molecule has 7 nitrogen and oxygen atoms in total.